The average Bonchev–Trinajstić information content (AvgIpc) is 2.90. The summed E-state index contributed by atoms with van der Waals surface area (Å²) in [5.74, 6) is -0.931. The lowest BCUT2D eigenvalue weighted by Crippen LogP contribution is -2.43. The first-order chi connectivity index (χ1) is 11.5. The minimum absolute atomic E-state index is 0.198. The fourth-order valence-corrected chi connectivity index (χ4v) is 2.07. The summed E-state index contributed by atoms with van der Waals surface area (Å²) in [6, 6.07) is 4.17. The van der Waals surface area contributed by atoms with Gasteiger partial charge < -0.3 is 16.2 Å². The van der Waals surface area contributed by atoms with Crippen LogP contribution in [-0.2, 0) is 17.5 Å². The maximum atomic E-state index is 12.9. The van der Waals surface area contributed by atoms with Gasteiger partial charge in [-0.2, -0.15) is 23.5 Å². The molecule has 25 heavy (non-hydrogen) atoms. The third-order valence-electron chi connectivity index (χ3n) is 3.32. The Morgan fingerprint density at radius 3 is 2.68 bits per heavy atom. The molecule has 0 spiro atoms. The van der Waals surface area contributed by atoms with E-state index < -0.39 is 28.8 Å². The molecule has 0 saturated carbocycles. The van der Waals surface area contributed by atoms with Crippen LogP contribution >= 0.6 is 0 Å². The molecule has 1 heterocycles. The van der Waals surface area contributed by atoms with Gasteiger partial charge in [-0.15, -0.1) is 0 Å². The Hall–Kier alpha value is -3.06. The molecule has 1 unspecified atom stereocenters. The first kappa shape index (κ1) is 18.3. The number of rotatable bonds is 4. The van der Waals surface area contributed by atoms with E-state index in [1.807, 2.05) is 0 Å². The Labute approximate surface area is 140 Å². The van der Waals surface area contributed by atoms with E-state index in [1.54, 1.807) is 0 Å². The number of anilines is 2. The van der Waals surface area contributed by atoms with Crippen molar-refractivity contribution in [1.82, 2.24) is 9.78 Å². The highest BCUT2D eigenvalue weighted by molar-refractivity contribution is 5.96. The van der Waals surface area contributed by atoms with E-state index in [0.717, 1.165) is 12.1 Å². The molecule has 1 atom stereocenters. The van der Waals surface area contributed by atoms with Crippen LogP contribution in [0.3, 0.4) is 0 Å². The maximum Gasteiger partial charge on any atom is 0.417 e. The van der Waals surface area contributed by atoms with E-state index in [4.69, 9.17) is 11.0 Å². The second-order valence-electron chi connectivity index (χ2n) is 5.57. The Bertz CT molecular complexity index is 836. The van der Waals surface area contributed by atoms with Gasteiger partial charge in [0, 0.05) is 11.9 Å². The summed E-state index contributed by atoms with van der Waals surface area (Å²) >= 11 is 0. The lowest BCUT2D eigenvalue weighted by atomic mass is 10.0. The van der Waals surface area contributed by atoms with Crippen molar-refractivity contribution in [3.05, 3.63) is 41.7 Å². The van der Waals surface area contributed by atoms with E-state index in [0.29, 0.717) is 11.8 Å². The number of halogens is 3. The molecular weight excluding hydrogens is 339 g/mol. The van der Waals surface area contributed by atoms with Gasteiger partial charge in [-0.05, 0) is 25.1 Å². The lowest BCUT2D eigenvalue weighted by molar-refractivity contribution is -0.138. The molecule has 1 aromatic heterocycles. The summed E-state index contributed by atoms with van der Waals surface area (Å²) in [6.45, 7) is 0.937. The molecule has 2 aromatic rings. The van der Waals surface area contributed by atoms with Crippen molar-refractivity contribution in [2.24, 2.45) is 0 Å². The zero-order valence-electron chi connectivity index (χ0n) is 13.0. The van der Waals surface area contributed by atoms with Crippen molar-refractivity contribution in [3.8, 4) is 6.07 Å². The summed E-state index contributed by atoms with van der Waals surface area (Å²) in [4.78, 5) is 12.2. The van der Waals surface area contributed by atoms with Gasteiger partial charge in [0.05, 0.1) is 35.6 Å². The van der Waals surface area contributed by atoms with Crippen LogP contribution in [-0.4, -0.2) is 26.4 Å². The van der Waals surface area contributed by atoms with Gasteiger partial charge in [0.2, 0.25) is 0 Å². The van der Waals surface area contributed by atoms with E-state index in [-0.39, 0.29) is 12.2 Å². The first-order valence-corrected chi connectivity index (χ1v) is 6.96. The van der Waals surface area contributed by atoms with Crippen LogP contribution in [0, 0.1) is 11.3 Å². The highest BCUT2D eigenvalue weighted by Gasteiger charge is 2.35. The van der Waals surface area contributed by atoms with Gasteiger partial charge in [0.1, 0.15) is 0 Å². The number of carbonyl (C=O) groups excluding carboxylic acids is 1. The zero-order chi connectivity index (χ0) is 18.8. The topological polar surface area (TPSA) is 117 Å². The number of nitriles is 1. The van der Waals surface area contributed by atoms with Gasteiger partial charge >= 0.3 is 6.18 Å². The predicted molar refractivity (Wildman–Crippen MR) is 82.1 cm³/mol. The smallest absolute Gasteiger partial charge is 0.396 e. The Kier molecular flexibility index (Phi) is 4.71. The Balaban J connectivity index is 2.21. The van der Waals surface area contributed by atoms with E-state index in [1.165, 1.54) is 30.1 Å². The number of alkyl halides is 3. The van der Waals surface area contributed by atoms with Gasteiger partial charge in [0.15, 0.2) is 5.60 Å². The van der Waals surface area contributed by atoms with Crippen molar-refractivity contribution in [3.63, 3.8) is 0 Å². The minimum atomic E-state index is -4.75. The number of nitrogens with one attached hydrogen (secondary N) is 1. The second kappa shape index (κ2) is 6.45. The third kappa shape index (κ3) is 4.27. The number of aromatic nitrogens is 2. The number of amides is 1. The largest absolute Gasteiger partial charge is 0.417 e. The summed E-state index contributed by atoms with van der Waals surface area (Å²) in [5, 5.41) is 25.0. The van der Waals surface area contributed by atoms with Gasteiger partial charge in [-0.25, -0.2) is 0 Å². The second-order valence-corrected chi connectivity index (χ2v) is 5.57. The maximum absolute atomic E-state index is 12.9. The van der Waals surface area contributed by atoms with Gasteiger partial charge in [0.25, 0.3) is 5.91 Å². The Morgan fingerprint density at radius 1 is 1.48 bits per heavy atom. The molecule has 0 bridgehead atoms. The van der Waals surface area contributed by atoms with Crippen LogP contribution in [0.5, 0.6) is 0 Å². The monoisotopic (exact) mass is 353 g/mol. The number of hydrogen-bond donors (Lipinski definition) is 3. The number of hydrogen-bond acceptors (Lipinski definition) is 5. The van der Waals surface area contributed by atoms with Crippen LogP contribution in [0.25, 0.3) is 0 Å². The van der Waals surface area contributed by atoms with Crippen molar-refractivity contribution in [2.45, 2.75) is 25.2 Å². The summed E-state index contributed by atoms with van der Waals surface area (Å²) in [5.41, 5.74) is 1.92. The summed E-state index contributed by atoms with van der Waals surface area (Å²) < 4.78 is 40.1. The number of nitrogen functional groups attached to an aromatic ring is 1. The highest BCUT2D eigenvalue weighted by Crippen LogP contribution is 2.33. The molecule has 4 N–H and O–H groups in total. The fraction of sp³-hybridized carbons (Fsp3) is 0.267. The summed E-state index contributed by atoms with van der Waals surface area (Å²) in [6.07, 6.45) is -2.03. The third-order valence-corrected chi connectivity index (χ3v) is 3.32. The molecule has 0 aliphatic carbocycles. The zero-order valence-corrected chi connectivity index (χ0v) is 13.0. The predicted octanol–water partition coefficient (Wildman–Crippen LogP) is 1.75. The standard InChI is InChI=1S/C15H14F3N5O2/c1-14(25,8-23-7-10(20)6-21-23)13(24)22-11-3-2-9(5-19)12(4-11)15(16,17)18/h2-4,6-7,25H,8,20H2,1H3,(H,22,24). The van der Waals surface area contributed by atoms with Crippen LogP contribution in [0.15, 0.2) is 30.6 Å². The molecule has 0 aliphatic rings. The molecule has 132 valence electrons. The molecular formula is C15H14F3N5O2. The summed E-state index contributed by atoms with van der Waals surface area (Å²) in [7, 11) is 0. The number of aliphatic hydroxyl groups is 1. The van der Waals surface area contributed by atoms with E-state index in [2.05, 4.69) is 10.4 Å². The quantitative estimate of drug-likeness (QED) is 0.774. The minimum Gasteiger partial charge on any atom is -0.396 e. The number of benzene rings is 1. The van der Waals surface area contributed by atoms with E-state index >= 15 is 0 Å². The highest BCUT2D eigenvalue weighted by atomic mass is 19.4. The number of nitrogens with two attached hydrogens (primary N) is 1. The normalized spacial score (nSPS) is 13.8. The molecule has 1 amide bonds. The van der Waals surface area contributed by atoms with Gasteiger partial charge in [-0.3, -0.25) is 9.48 Å². The molecule has 0 fully saturated rings. The lowest BCUT2D eigenvalue weighted by Gasteiger charge is -2.22. The van der Waals surface area contributed by atoms with E-state index in [9.17, 15) is 23.1 Å². The molecule has 7 nitrogen and oxygen atoms in total. The molecule has 10 heteroatoms. The molecule has 2 rings (SSSR count). The van der Waals surface area contributed by atoms with Crippen molar-refractivity contribution in [2.75, 3.05) is 11.1 Å². The van der Waals surface area contributed by atoms with Crippen LogP contribution in [0.4, 0.5) is 24.5 Å². The van der Waals surface area contributed by atoms with Crippen LogP contribution < -0.4 is 11.1 Å². The molecule has 0 saturated heterocycles. The molecule has 0 radical (unpaired) electrons. The van der Waals surface area contributed by atoms with Crippen molar-refractivity contribution < 1.29 is 23.1 Å². The van der Waals surface area contributed by atoms with Crippen LogP contribution in [0.2, 0.25) is 0 Å². The Morgan fingerprint density at radius 2 is 2.16 bits per heavy atom. The average molecular weight is 353 g/mol. The number of carbonyl (C=O) groups is 1. The number of nitrogens with zero attached hydrogens (tertiary/aromatic N) is 3. The SMILES string of the molecule is CC(O)(Cn1cc(N)cn1)C(=O)Nc1ccc(C#N)c(C(F)(F)F)c1. The fourth-order valence-electron chi connectivity index (χ4n) is 2.07. The molecule has 1 aromatic carbocycles. The van der Waals surface area contributed by atoms with Crippen LogP contribution in [0.1, 0.15) is 18.1 Å². The van der Waals surface area contributed by atoms with Gasteiger partial charge in [-0.1, -0.05) is 0 Å². The molecule has 0 aliphatic heterocycles. The van der Waals surface area contributed by atoms with Crippen molar-refractivity contribution in [1.29, 1.82) is 5.26 Å². The van der Waals surface area contributed by atoms with Crippen molar-refractivity contribution >= 4 is 17.3 Å². The first-order valence-electron chi connectivity index (χ1n) is 6.96.